The molecule has 1 atom stereocenters. The Labute approximate surface area is 169 Å². The molecule has 2 aromatic rings. The lowest BCUT2D eigenvalue weighted by Gasteiger charge is -2.23. The van der Waals surface area contributed by atoms with E-state index in [1.165, 1.54) is 12.1 Å². The minimum absolute atomic E-state index is 0.0369. The van der Waals surface area contributed by atoms with Crippen molar-refractivity contribution >= 4 is 11.6 Å². The first-order valence-corrected chi connectivity index (χ1v) is 9.09. The molecule has 1 aliphatic carbocycles. The SMILES string of the molecule is CCC(=O)C1=C(O)CC(c2ccc(Oc3nccc(C(F)(F)F)c3F)cc2)CC1=O. The lowest BCUT2D eigenvalue weighted by Crippen LogP contribution is -2.23. The summed E-state index contributed by atoms with van der Waals surface area (Å²) in [5.41, 5.74) is -0.980. The minimum atomic E-state index is -4.88. The van der Waals surface area contributed by atoms with E-state index < -0.39 is 35.0 Å². The highest BCUT2D eigenvalue weighted by atomic mass is 19.4. The average molecular weight is 423 g/mol. The van der Waals surface area contributed by atoms with E-state index in [4.69, 9.17) is 4.74 Å². The molecule has 158 valence electrons. The molecule has 30 heavy (non-hydrogen) atoms. The number of halogens is 4. The number of allylic oxidation sites excluding steroid dienone is 2. The second-order valence-electron chi connectivity index (χ2n) is 6.77. The monoisotopic (exact) mass is 423 g/mol. The van der Waals surface area contributed by atoms with Crippen LogP contribution in [0.3, 0.4) is 0 Å². The zero-order valence-corrected chi connectivity index (χ0v) is 15.8. The lowest BCUT2D eigenvalue weighted by molar-refractivity contribution is -0.140. The van der Waals surface area contributed by atoms with Crippen LogP contribution >= 0.6 is 0 Å². The number of hydrogen-bond donors (Lipinski definition) is 1. The fourth-order valence-corrected chi connectivity index (χ4v) is 3.26. The second kappa shape index (κ2) is 8.25. The number of aliphatic hydroxyl groups is 1. The number of Topliss-reactive ketones (excluding diaryl/α,β-unsaturated/α-hetero) is 2. The molecule has 0 aliphatic heterocycles. The first kappa shape index (κ1) is 21.5. The van der Waals surface area contributed by atoms with Crippen molar-refractivity contribution in [3.8, 4) is 11.6 Å². The topological polar surface area (TPSA) is 76.5 Å². The van der Waals surface area contributed by atoms with Crippen LogP contribution in [0.4, 0.5) is 17.6 Å². The highest BCUT2D eigenvalue weighted by molar-refractivity contribution is 6.21. The number of aliphatic hydroxyl groups excluding tert-OH is 1. The summed E-state index contributed by atoms with van der Waals surface area (Å²) >= 11 is 0. The quantitative estimate of drug-likeness (QED) is 0.524. The standard InChI is InChI=1S/C21H17F4NO4/c1-2-15(27)18-16(28)9-12(10-17(18)29)11-3-5-13(6-4-11)30-20-19(22)14(7-8-26-20)21(23,24)25/h3-8,12,28H,2,9-10H2,1H3. The average Bonchev–Trinajstić information content (AvgIpc) is 2.68. The van der Waals surface area contributed by atoms with E-state index in [2.05, 4.69) is 4.98 Å². The fourth-order valence-electron chi connectivity index (χ4n) is 3.26. The summed E-state index contributed by atoms with van der Waals surface area (Å²) in [4.78, 5) is 27.5. The van der Waals surface area contributed by atoms with Crippen molar-refractivity contribution in [1.82, 2.24) is 4.98 Å². The molecule has 1 aromatic carbocycles. The summed E-state index contributed by atoms with van der Waals surface area (Å²) in [5.74, 6) is -3.85. The highest BCUT2D eigenvalue weighted by Crippen LogP contribution is 2.37. The first-order chi connectivity index (χ1) is 14.1. The highest BCUT2D eigenvalue weighted by Gasteiger charge is 2.36. The maximum atomic E-state index is 14.0. The van der Waals surface area contributed by atoms with Gasteiger partial charge in [-0.3, -0.25) is 9.59 Å². The fraction of sp³-hybridized carbons (Fsp3) is 0.286. The summed E-state index contributed by atoms with van der Waals surface area (Å²) in [7, 11) is 0. The lowest BCUT2D eigenvalue weighted by atomic mass is 9.81. The molecule has 0 bridgehead atoms. The van der Waals surface area contributed by atoms with Gasteiger partial charge >= 0.3 is 6.18 Å². The predicted molar refractivity (Wildman–Crippen MR) is 97.6 cm³/mol. The molecule has 0 fully saturated rings. The van der Waals surface area contributed by atoms with Gasteiger partial charge in [0, 0.05) is 25.5 Å². The van der Waals surface area contributed by atoms with Crippen molar-refractivity contribution in [1.29, 1.82) is 0 Å². The summed E-state index contributed by atoms with van der Waals surface area (Å²) in [5, 5.41) is 10.1. The van der Waals surface area contributed by atoms with Crippen LogP contribution in [0.2, 0.25) is 0 Å². The number of alkyl halides is 3. The van der Waals surface area contributed by atoms with Gasteiger partial charge in [0.25, 0.3) is 5.88 Å². The summed E-state index contributed by atoms with van der Waals surface area (Å²) in [6.45, 7) is 1.60. The number of ketones is 2. The Balaban J connectivity index is 1.78. The molecule has 0 radical (unpaired) electrons. The van der Waals surface area contributed by atoms with Crippen LogP contribution in [-0.4, -0.2) is 21.7 Å². The Morgan fingerprint density at radius 2 is 1.87 bits per heavy atom. The smallest absolute Gasteiger partial charge is 0.419 e. The molecule has 0 saturated heterocycles. The Bertz CT molecular complexity index is 1010. The Morgan fingerprint density at radius 1 is 1.20 bits per heavy atom. The van der Waals surface area contributed by atoms with E-state index in [0.29, 0.717) is 11.6 Å². The molecule has 3 rings (SSSR count). The Morgan fingerprint density at radius 3 is 2.43 bits per heavy atom. The molecular formula is C21H17F4NO4. The van der Waals surface area contributed by atoms with Crippen molar-refractivity contribution in [2.75, 3.05) is 0 Å². The van der Waals surface area contributed by atoms with Crippen LogP contribution < -0.4 is 4.74 Å². The number of aromatic nitrogens is 1. The van der Waals surface area contributed by atoms with Crippen molar-refractivity contribution in [3.63, 3.8) is 0 Å². The zero-order valence-electron chi connectivity index (χ0n) is 15.8. The van der Waals surface area contributed by atoms with E-state index in [9.17, 15) is 32.3 Å². The number of carbonyl (C=O) groups is 2. The molecule has 1 aliphatic rings. The third-order valence-corrected chi connectivity index (χ3v) is 4.77. The summed E-state index contributed by atoms with van der Waals surface area (Å²) in [6.07, 6.45) is -3.82. The van der Waals surface area contributed by atoms with Crippen molar-refractivity contribution in [2.24, 2.45) is 0 Å². The van der Waals surface area contributed by atoms with Gasteiger partial charge in [0.1, 0.15) is 11.5 Å². The molecule has 1 heterocycles. The Hall–Kier alpha value is -3.23. The number of pyridine rings is 1. The van der Waals surface area contributed by atoms with Gasteiger partial charge in [-0.05, 0) is 29.7 Å². The van der Waals surface area contributed by atoms with E-state index in [1.807, 2.05) is 0 Å². The Kier molecular flexibility index (Phi) is 5.91. The molecule has 0 spiro atoms. The van der Waals surface area contributed by atoms with E-state index >= 15 is 0 Å². The molecular weight excluding hydrogens is 406 g/mol. The molecule has 9 heteroatoms. The van der Waals surface area contributed by atoms with Crippen LogP contribution in [0, 0.1) is 5.82 Å². The number of carbonyl (C=O) groups excluding carboxylic acids is 2. The number of hydrogen-bond acceptors (Lipinski definition) is 5. The maximum Gasteiger partial charge on any atom is 0.419 e. The predicted octanol–water partition coefficient (Wildman–Crippen LogP) is 5.27. The van der Waals surface area contributed by atoms with Crippen molar-refractivity contribution in [3.05, 3.63) is 64.8 Å². The van der Waals surface area contributed by atoms with Crippen LogP contribution in [-0.2, 0) is 15.8 Å². The second-order valence-corrected chi connectivity index (χ2v) is 6.77. The van der Waals surface area contributed by atoms with Gasteiger partial charge in [0.05, 0.1) is 11.1 Å². The third-order valence-electron chi connectivity index (χ3n) is 4.77. The van der Waals surface area contributed by atoms with Gasteiger partial charge in [-0.15, -0.1) is 0 Å². The molecule has 0 amide bonds. The van der Waals surface area contributed by atoms with Crippen LogP contribution in [0.25, 0.3) is 0 Å². The van der Waals surface area contributed by atoms with E-state index in [-0.39, 0.29) is 42.3 Å². The van der Waals surface area contributed by atoms with Crippen LogP contribution in [0.1, 0.15) is 43.2 Å². The third kappa shape index (κ3) is 4.34. The van der Waals surface area contributed by atoms with E-state index in [0.717, 1.165) is 6.20 Å². The van der Waals surface area contributed by atoms with Gasteiger partial charge in [-0.25, -0.2) is 9.37 Å². The number of nitrogens with zero attached hydrogens (tertiary/aromatic N) is 1. The first-order valence-electron chi connectivity index (χ1n) is 9.09. The van der Waals surface area contributed by atoms with Gasteiger partial charge in [-0.1, -0.05) is 19.1 Å². The summed E-state index contributed by atoms with van der Waals surface area (Å²) in [6, 6.07) is 6.42. The molecule has 5 nitrogen and oxygen atoms in total. The van der Waals surface area contributed by atoms with Crippen molar-refractivity contribution in [2.45, 2.75) is 38.3 Å². The normalized spacial score (nSPS) is 17.2. The largest absolute Gasteiger partial charge is 0.511 e. The summed E-state index contributed by atoms with van der Waals surface area (Å²) < 4.78 is 57.6. The minimum Gasteiger partial charge on any atom is -0.511 e. The number of ether oxygens (including phenoxy) is 1. The zero-order chi connectivity index (χ0) is 22.1. The van der Waals surface area contributed by atoms with Crippen LogP contribution in [0.15, 0.2) is 47.9 Å². The van der Waals surface area contributed by atoms with Gasteiger partial charge in [0.2, 0.25) is 0 Å². The maximum absolute atomic E-state index is 14.0. The van der Waals surface area contributed by atoms with E-state index in [1.54, 1.807) is 19.1 Å². The molecule has 0 saturated carbocycles. The van der Waals surface area contributed by atoms with Crippen LogP contribution in [0.5, 0.6) is 11.6 Å². The van der Waals surface area contributed by atoms with Gasteiger partial charge in [-0.2, -0.15) is 13.2 Å². The molecule has 1 N–H and O–H groups in total. The van der Waals surface area contributed by atoms with Crippen molar-refractivity contribution < 1.29 is 37.0 Å². The van der Waals surface area contributed by atoms with Gasteiger partial charge in [0.15, 0.2) is 17.4 Å². The number of rotatable bonds is 5. The molecule has 1 unspecified atom stereocenters. The van der Waals surface area contributed by atoms with Gasteiger partial charge < -0.3 is 9.84 Å². The number of benzene rings is 1. The molecule has 1 aromatic heterocycles.